The molecule has 8 nitrogen and oxygen atoms in total. The molecule has 0 radical (unpaired) electrons. The van der Waals surface area contributed by atoms with Crippen LogP contribution >= 0.6 is 0 Å². The number of nitrogens with two attached hydrogens (primary N) is 1. The van der Waals surface area contributed by atoms with Gasteiger partial charge in [-0.25, -0.2) is 5.43 Å². The van der Waals surface area contributed by atoms with Crippen LogP contribution in [0.5, 0.6) is 0 Å². The summed E-state index contributed by atoms with van der Waals surface area (Å²) in [6.45, 7) is 1.28. The van der Waals surface area contributed by atoms with E-state index in [1.165, 1.54) is 5.01 Å². The molecule has 3 aromatic rings. The van der Waals surface area contributed by atoms with E-state index in [1.54, 1.807) is 29.2 Å². The maximum absolute atomic E-state index is 13.4. The first-order valence-electron chi connectivity index (χ1n) is 11.8. The molecule has 2 aliphatic heterocycles. The molecule has 0 aromatic heterocycles. The monoisotopic (exact) mass is 468 g/mol. The van der Waals surface area contributed by atoms with Crippen LogP contribution in [-0.2, 0) is 4.79 Å². The Kier molecular flexibility index (Phi) is 6.56. The number of nitrogens with one attached hydrogen (secondary N) is 2. The maximum atomic E-state index is 13.4. The summed E-state index contributed by atoms with van der Waals surface area (Å²) in [4.78, 5) is 28.1. The summed E-state index contributed by atoms with van der Waals surface area (Å²) in [6, 6.07) is 25.5. The Morgan fingerprint density at radius 2 is 1.63 bits per heavy atom. The van der Waals surface area contributed by atoms with E-state index in [2.05, 4.69) is 16.0 Å². The first-order valence-corrected chi connectivity index (χ1v) is 11.8. The Balaban J connectivity index is 1.37. The van der Waals surface area contributed by atoms with Gasteiger partial charge in [-0.1, -0.05) is 48.5 Å². The quantitative estimate of drug-likeness (QED) is 0.483. The normalized spacial score (nSPS) is 20.0. The number of carbonyl (C=O) groups excluding carboxylic acids is 2. The number of piperidine rings is 1. The third-order valence-corrected chi connectivity index (χ3v) is 6.24. The molecular weight excluding hydrogens is 440 g/mol. The van der Waals surface area contributed by atoms with Crippen molar-refractivity contribution < 1.29 is 9.59 Å². The standard InChI is InChI=1S/C27H28N6O2/c28-21-10-7-17-32(18-21)26(34)20-13-15-23(16-14-20)33-27(35)25(30-29-22-11-5-2-6-12-22)24(31-33)19-8-3-1-4-9-19/h1-6,8-9,11-16,21,25,29-30H,7,10,17-18,28H2/t21?,25-/m1/s1. The molecule has 3 aromatic carbocycles. The predicted octanol–water partition coefficient (Wildman–Crippen LogP) is 2.99. The minimum Gasteiger partial charge on any atom is -0.337 e. The van der Waals surface area contributed by atoms with E-state index >= 15 is 0 Å². The van der Waals surface area contributed by atoms with E-state index in [1.807, 2.05) is 60.7 Å². The molecule has 1 fully saturated rings. The summed E-state index contributed by atoms with van der Waals surface area (Å²) < 4.78 is 0. The summed E-state index contributed by atoms with van der Waals surface area (Å²) in [5, 5.41) is 6.05. The van der Waals surface area contributed by atoms with E-state index in [0.29, 0.717) is 30.1 Å². The number of rotatable bonds is 6. The molecule has 2 amide bonds. The molecule has 2 heterocycles. The lowest BCUT2D eigenvalue weighted by Crippen LogP contribution is -2.46. The van der Waals surface area contributed by atoms with Gasteiger partial charge in [0, 0.05) is 35.9 Å². The van der Waals surface area contributed by atoms with Gasteiger partial charge in [-0.05, 0) is 49.2 Å². The number of amides is 2. The van der Waals surface area contributed by atoms with Gasteiger partial charge in [0.2, 0.25) is 0 Å². The Morgan fingerprint density at radius 3 is 2.31 bits per heavy atom. The minimum absolute atomic E-state index is 0.0221. The summed E-state index contributed by atoms with van der Waals surface area (Å²) in [5.41, 5.74) is 15.7. The van der Waals surface area contributed by atoms with Gasteiger partial charge in [-0.15, -0.1) is 0 Å². The summed E-state index contributed by atoms with van der Waals surface area (Å²) >= 11 is 0. The lowest BCUT2D eigenvalue weighted by molar-refractivity contribution is -0.118. The van der Waals surface area contributed by atoms with Crippen LogP contribution in [0, 0.1) is 0 Å². The number of para-hydroxylation sites is 1. The Bertz CT molecular complexity index is 1210. The van der Waals surface area contributed by atoms with Crippen LogP contribution < -0.4 is 21.6 Å². The molecular formula is C27H28N6O2. The van der Waals surface area contributed by atoms with Crippen molar-refractivity contribution in [3.05, 3.63) is 96.1 Å². The van der Waals surface area contributed by atoms with E-state index in [4.69, 9.17) is 5.73 Å². The number of benzene rings is 3. The number of carbonyl (C=O) groups is 2. The molecule has 8 heteroatoms. The van der Waals surface area contributed by atoms with Crippen molar-refractivity contribution in [3.8, 4) is 0 Å². The SMILES string of the molecule is NC1CCCN(C(=O)c2ccc(N3N=C(c4ccccc4)[C@@H](NNc4ccccc4)C3=O)cc2)C1. The lowest BCUT2D eigenvalue weighted by atomic mass is 10.0. The van der Waals surface area contributed by atoms with E-state index in [-0.39, 0.29) is 17.9 Å². The fourth-order valence-corrected chi connectivity index (χ4v) is 4.40. The van der Waals surface area contributed by atoms with Gasteiger partial charge in [0.05, 0.1) is 11.4 Å². The van der Waals surface area contributed by atoms with Crippen LogP contribution in [0.15, 0.2) is 90.0 Å². The molecule has 1 saturated heterocycles. The lowest BCUT2D eigenvalue weighted by Gasteiger charge is -2.30. The van der Waals surface area contributed by atoms with Gasteiger partial charge in [0.15, 0.2) is 6.04 Å². The average Bonchev–Trinajstić information content (AvgIpc) is 3.24. The number of hydrazone groups is 1. The zero-order valence-electron chi connectivity index (χ0n) is 19.3. The number of anilines is 2. The van der Waals surface area contributed by atoms with E-state index < -0.39 is 6.04 Å². The van der Waals surface area contributed by atoms with Gasteiger partial charge >= 0.3 is 0 Å². The van der Waals surface area contributed by atoms with Gasteiger partial charge in [0.25, 0.3) is 11.8 Å². The summed E-state index contributed by atoms with van der Waals surface area (Å²) in [7, 11) is 0. The molecule has 5 rings (SSSR count). The van der Waals surface area contributed by atoms with Crippen LogP contribution in [0.2, 0.25) is 0 Å². The maximum Gasteiger partial charge on any atom is 0.272 e. The fourth-order valence-electron chi connectivity index (χ4n) is 4.40. The fraction of sp³-hybridized carbons (Fsp3) is 0.222. The van der Waals surface area contributed by atoms with Crippen molar-refractivity contribution >= 4 is 28.9 Å². The predicted molar refractivity (Wildman–Crippen MR) is 137 cm³/mol. The van der Waals surface area contributed by atoms with Crippen molar-refractivity contribution in [1.29, 1.82) is 0 Å². The third kappa shape index (κ3) is 4.94. The number of hydrazine groups is 1. The third-order valence-electron chi connectivity index (χ3n) is 6.24. The van der Waals surface area contributed by atoms with E-state index in [9.17, 15) is 9.59 Å². The number of nitrogens with zero attached hydrogens (tertiary/aromatic N) is 3. The molecule has 1 unspecified atom stereocenters. The average molecular weight is 469 g/mol. The Labute approximate surface area is 204 Å². The number of hydrogen-bond donors (Lipinski definition) is 3. The highest BCUT2D eigenvalue weighted by molar-refractivity contribution is 6.24. The van der Waals surface area contributed by atoms with Crippen LogP contribution in [0.4, 0.5) is 11.4 Å². The zero-order valence-corrected chi connectivity index (χ0v) is 19.3. The molecule has 178 valence electrons. The van der Waals surface area contributed by atoms with Gasteiger partial charge in [-0.2, -0.15) is 10.1 Å². The summed E-state index contributed by atoms with van der Waals surface area (Å²) in [5.74, 6) is -0.257. The highest BCUT2D eigenvalue weighted by Gasteiger charge is 2.37. The second-order valence-electron chi connectivity index (χ2n) is 8.77. The molecule has 2 aliphatic rings. The van der Waals surface area contributed by atoms with Gasteiger partial charge in [-0.3, -0.25) is 9.59 Å². The van der Waals surface area contributed by atoms with Crippen LogP contribution in [0.1, 0.15) is 28.8 Å². The van der Waals surface area contributed by atoms with Crippen molar-refractivity contribution in [2.45, 2.75) is 24.9 Å². The smallest absolute Gasteiger partial charge is 0.272 e. The van der Waals surface area contributed by atoms with E-state index in [0.717, 1.165) is 24.1 Å². The molecule has 35 heavy (non-hydrogen) atoms. The van der Waals surface area contributed by atoms with Crippen molar-refractivity contribution in [3.63, 3.8) is 0 Å². The second kappa shape index (κ2) is 10.1. The molecule has 0 saturated carbocycles. The van der Waals surface area contributed by atoms with Crippen LogP contribution in [-0.4, -0.2) is 47.6 Å². The van der Waals surface area contributed by atoms with Crippen molar-refractivity contribution in [1.82, 2.24) is 10.3 Å². The highest BCUT2D eigenvalue weighted by Crippen LogP contribution is 2.25. The summed E-state index contributed by atoms with van der Waals surface area (Å²) in [6.07, 6.45) is 1.85. The molecule has 0 bridgehead atoms. The highest BCUT2D eigenvalue weighted by atomic mass is 16.2. The molecule has 0 aliphatic carbocycles. The van der Waals surface area contributed by atoms with Crippen molar-refractivity contribution in [2.75, 3.05) is 23.5 Å². The van der Waals surface area contributed by atoms with Gasteiger partial charge in [0.1, 0.15) is 0 Å². The van der Waals surface area contributed by atoms with Crippen LogP contribution in [0.25, 0.3) is 0 Å². The minimum atomic E-state index is -0.686. The molecule has 0 spiro atoms. The molecule has 2 atom stereocenters. The zero-order chi connectivity index (χ0) is 24.2. The largest absolute Gasteiger partial charge is 0.337 e. The Hall–Kier alpha value is -4.01. The molecule has 4 N–H and O–H groups in total. The van der Waals surface area contributed by atoms with Crippen molar-refractivity contribution in [2.24, 2.45) is 10.8 Å². The Morgan fingerprint density at radius 1 is 0.943 bits per heavy atom. The topological polar surface area (TPSA) is 103 Å². The second-order valence-corrected chi connectivity index (χ2v) is 8.77. The van der Waals surface area contributed by atoms with Gasteiger partial charge < -0.3 is 16.1 Å². The first-order chi connectivity index (χ1) is 17.1. The first kappa shape index (κ1) is 22.8. The number of likely N-dealkylation sites (tertiary alicyclic amines) is 1. The number of hydrogen-bond acceptors (Lipinski definition) is 6. The van der Waals surface area contributed by atoms with Crippen LogP contribution in [0.3, 0.4) is 0 Å².